The topological polar surface area (TPSA) is 108 Å². The molecule has 2 N–H and O–H groups in total. The van der Waals surface area contributed by atoms with Crippen LogP contribution < -0.4 is 29.6 Å². The Labute approximate surface area is 207 Å². The fourth-order valence-corrected chi connectivity index (χ4v) is 3.53. The van der Waals surface area contributed by atoms with E-state index < -0.39 is 11.8 Å². The van der Waals surface area contributed by atoms with Gasteiger partial charge in [-0.1, -0.05) is 12.1 Å². The lowest BCUT2D eigenvalue weighted by atomic mass is 10.2. The molecular weight excluding hydrogens is 464 g/mol. The van der Waals surface area contributed by atoms with Crippen LogP contribution in [0, 0.1) is 0 Å². The number of rotatable bonds is 10. The fraction of sp³-hybridized carbons (Fsp3) is 0.185. The van der Waals surface area contributed by atoms with Gasteiger partial charge < -0.3 is 34.0 Å². The average Bonchev–Trinajstić information content (AvgIpc) is 3.27. The standard InChI is InChI=1S/C27H26N2O7/c1-4-34-17-9-11-18(12-10-17)35-16-24(30)29-25-20-7-5-6-8-22(20)36-26(25)27(31)28-21-14-13-19(32-2)15-23(21)33-3/h5-15H,4,16H2,1-3H3,(H,28,31)(H,29,30). The summed E-state index contributed by atoms with van der Waals surface area (Å²) in [5.74, 6) is 1.15. The molecule has 0 saturated carbocycles. The molecule has 0 bridgehead atoms. The molecule has 9 heteroatoms. The molecule has 2 amide bonds. The molecule has 4 rings (SSSR count). The van der Waals surface area contributed by atoms with Gasteiger partial charge in [0.1, 0.15) is 34.3 Å². The van der Waals surface area contributed by atoms with Gasteiger partial charge >= 0.3 is 0 Å². The molecule has 0 spiro atoms. The number of amides is 2. The van der Waals surface area contributed by atoms with Crippen LogP contribution in [0.4, 0.5) is 11.4 Å². The smallest absolute Gasteiger partial charge is 0.293 e. The quantitative estimate of drug-likeness (QED) is 0.318. The Morgan fingerprint density at radius 3 is 2.22 bits per heavy atom. The minimum absolute atomic E-state index is 0.0523. The van der Waals surface area contributed by atoms with Crippen LogP contribution in [0.3, 0.4) is 0 Å². The van der Waals surface area contributed by atoms with Crippen LogP contribution in [-0.4, -0.2) is 39.2 Å². The third-order valence-electron chi connectivity index (χ3n) is 5.23. The van der Waals surface area contributed by atoms with E-state index in [0.29, 0.717) is 46.3 Å². The minimum atomic E-state index is -0.558. The normalized spacial score (nSPS) is 10.5. The van der Waals surface area contributed by atoms with Crippen molar-refractivity contribution in [1.29, 1.82) is 0 Å². The Kier molecular flexibility index (Phi) is 7.60. The van der Waals surface area contributed by atoms with Crippen LogP contribution in [0.1, 0.15) is 17.5 Å². The lowest BCUT2D eigenvalue weighted by Gasteiger charge is -2.12. The molecular formula is C27H26N2O7. The van der Waals surface area contributed by atoms with Crippen molar-refractivity contribution in [2.45, 2.75) is 6.92 Å². The van der Waals surface area contributed by atoms with E-state index in [1.165, 1.54) is 14.2 Å². The number of hydrogen-bond donors (Lipinski definition) is 2. The molecule has 0 saturated heterocycles. The number of anilines is 2. The van der Waals surface area contributed by atoms with E-state index in [1.54, 1.807) is 66.7 Å². The van der Waals surface area contributed by atoms with Gasteiger partial charge in [0, 0.05) is 11.5 Å². The number of ether oxygens (including phenoxy) is 4. The van der Waals surface area contributed by atoms with Crippen molar-refractivity contribution >= 4 is 34.2 Å². The van der Waals surface area contributed by atoms with Gasteiger partial charge in [0.05, 0.1) is 26.5 Å². The number of methoxy groups -OCH3 is 2. The van der Waals surface area contributed by atoms with Crippen LogP contribution in [0.2, 0.25) is 0 Å². The van der Waals surface area contributed by atoms with Crippen LogP contribution in [-0.2, 0) is 4.79 Å². The fourth-order valence-electron chi connectivity index (χ4n) is 3.53. The van der Waals surface area contributed by atoms with Crippen LogP contribution in [0.5, 0.6) is 23.0 Å². The second-order valence-corrected chi connectivity index (χ2v) is 7.56. The lowest BCUT2D eigenvalue weighted by Crippen LogP contribution is -2.22. The highest BCUT2D eigenvalue weighted by molar-refractivity contribution is 6.15. The Balaban J connectivity index is 1.52. The van der Waals surface area contributed by atoms with E-state index >= 15 is 0 Å². The van der Waals surface area contributed by atoms with Gasteiger partial charge in [-0.05, 0) is 55.5 Å². The summed E-state index contributed by atoms with van der Waals surface area (Å²) in [6.07, 6.45) is 0. The number of carbonyl (C=O) groups excluding carboxylic acids is 2. The van der Waals surface area contributed by atoms with Crippen molar-refractivity contribution < 1.29 is 33.0 Å². The highest BCUT2D eigenvalue weighted by atomic mass is 16.5. The predicted molar refractivity (Wildman–Crippen MR) is 135 cm³/mol. The Morgan fingerprint density at radius 2 is 1.53 bits per heavy atom. The first-order chi connectivity index (χ1) is 17.5. The van der Waals surface area contributed by atoms with Crippen molar-refractivity contribution in [3.05, 3.63) is 72.5 Å². The molecule has 0 aliphatic carbocycles. The van der Waals surface area contributed by atoms with Gasteiger partial charge in [0.25, 0.3) is 11.8 Å². The van der Waals surface area contributed by atoms with E-state index in [2.05, 4.69) is 10.6 Å². The Morgan fingerprint density at radius 1 is 0.833 bits per heavy atom. The summed E-state index contributed by atoms with van der Waals surface area (Å²) in [6, 6.07) is 19.0. The van der Waals surface area contributed by atoms with Gasteiger partial charge in [-0.3, -0.25) is 9.59 Å². The van der Waals surface area contributed by atoms with E-state index in [4.69, 9.17) is 23.4 Å². The molecule has 186 valence electrons. The van der Waals surface area contributed by atoms with Crippen LogP contribution >= 0.6 is 0 Å². The number of hydrogen-bond acceptors (Lipinski definition) is 7. The second-order valence-electron chi connectivity index (χ2n) is 7.56. The van der Waals surface area contributed by atoms with E-state index in [0.717, 1.165) is 0 Å². The first-order valence-corrected chi connectivity index (χ1v) is 11.2. The Bertz CT molecular complexity index is 1360. The molecule has 1 heterocycles. The van der Waals surface area contributed by atoms with Crippen LogP contribution in [0.25, 0.3) is 11.0 Å². The number of nitrogens with one attached hydrogen (secondary N) is 2. The maximum absolute atomic E-state index is 13.2. The van der Waals surface area contributed by atoms with E-state index in [9.17, 15) is 9.59 Å². The summed E-state index contributed by atoms with van der Waals surface area (Å²) in [5, 5.41) is 6.11. The second kappa shape index (κ2) is 11.2. The summed E-state index contributed by atoms with van der Waals surface area (Å²) in [5.41, 5.74) is 1.11. The third kappa shape index (κ3) is 5.52. The van der Waals surface area contributed by atoms with Crippen LogP contribution in [0.15, 0.2) is 71.1 Å². The van der Waals surface area contributed by atoms with Gasteiger partial charge in [-0.2, -0.15) is 0 Å². The highest BCUT2D eigenvalue weighted by Gasteiger charge is 2.23. The zero-order chi connectivity index (χ0) is 25.5. The molecule has 4 aromatic rings. The van der Waals surface area contributed by atoms with Crippen molar-refractivity contribution in [1.82, 2.24) is 0 Å². The van der Waals surface area contributed by atoms with Crippen molar-refractivity contribution in [2.75, 3.05) is 38.1 Å². The van der Waals surface area contributed by atoms with Gasteiger partial charge in [0.15, 0.2) is 6.61 Å². The summed E-state index contributed by atoms with van der Waals surface area (Å²) in [7, 11) is 3.03. The summed E-state index contributed by atoms with van der Waals surface area (Å²) in [6.45, 7) is 2.19. The van der Waals surface area contributed by atoms with Crippen molar-refractivity contribution in [3.63, 3.8) is 0 Å². The first-order valence-electron chi connectivity index (χ1n) is 11.2. The Hall–Kier alpha value is -4.66. The number of para-hydroxylation sites is 1. The monoisotopic (exact) mass is 490 g/mol. The number of benzene rings is 3. The lowest BCUT2D eigenvalue weighted by molar-refractivity contribution is -0.118. The SMILES string of the molecule is CCOc1ccc(OCC(=O)Nc2c(C(=O)Nc3ccc(OC)cc3OC)oc3ccccc23)cc1. The zero-order valence-electron chi connectivity index (χ0n) is 20.1. The third-order valence-corrected chi connectivity index (χ3v) is 5.23. The van der Waals surface area contributed by atoms with Gasteiger partial charge in [-0.15, -0.1) is 0 Å². The molecule has 0 aliphatic rings. The highest BCUT2D eigenvalue weighted by Crippen LogP contribution is 2.34. The van der Waals surface area contributed by atoms with Crippen molar-refractivity contribution in [3.8, 4) is 23.0 Å². The number of fused-ring (bicyclic) bond motifs is 1. The first kappa shape index (κ1) is 24.5. The molecule has 0 fully saturated rings. The molecule has 3 aromatic carbocycles. The summed E-state index contributed by atoms with van der Waals surface area (Å²) >= 11 is 0. The van der Waals surface area contributed by atoms with Crippen molar-refractivity contribution in [2.24, 2.45) is 0 Å². The van der Waals surface area contributed by atoms with E-state index in [-0.39, 0.29) is 18.1 Å². The van der Waals surface area contributed by atoms with Gasteiger partial charge in [0.2, 0.25) is 5.76 Å². The van der Waals surface area contributed by atoms with E-state index in [1.807, 2.05) is 6.92 Å². The molecule has 1 aromatic heterocycles. The minimum Gasteiger partial charge on any atom is -0.497 e. The molecule has 0 unspecified atom stereocenters. The predicted octanol–water partition coefficient (Wildman–Crippen LogP) is 5.12. The largest absolute Gasteiger partial charge is 0.497 e. The molecule has 9 nitrogen and oxygen atoms in total. The molecule has 0 radical (unpaired) electrons. The summed E-state index contributed by atoms with van der Waals surface area (Å²) in [4.78, 5) is 25.9. The molecule has 0 atom stereocenters. The maximum Gasteiger partial charge on any atom is 0.293 e. The maximum atomic E-state index is 13.2. The number of furan rings is 1. The van der Waals surface area contributed by atoms with Gasteiger partial charge in [-0.25, -0.2) is 0 Å². The molecule has 0 aliphatic heterocycles. The molecule has 36 heavy (non-hydrogen) atoms. The zero-order valence-corrected chi connectivity index (χ0v) is 20.1. The summed E-state index contributed by atoms with van der Waals surface area (Å²) < 4.78 is 27.3. The number of carbonyl (C=O) groups is 2. The average molecular weight is 491 g/mol.